The number of thioether (sulfide) groups is 1. The molecule has 1 aromatic rings. The Labute approximate surface area is 86.3 Å². The maximum absolute atomic E-state index is 11.5. The fraction of sp³-hybridized carbons (Fsp3) is 0.273. The zero-order chi connectivity index (χ0) is 10.1. The summed E-state index contributed by atoms with van der Waals surface area (Å²) >= 11 is 1.49. The molecule has 1 heterocycles. The molecule has 3 heteroatoms. The Balaban J connectivity index is 2.63. The molecule has 0 radical (unpaired) electrons. The van der Waals surface area contributed by atoms with Crippen molar-refractivity contribution in [1.82, 2.24) is 0 Å². The average molecular weight is 206 g/mol. The van der Waals surface area contributed by atoms with Crippen LogP contribution in [0.3, 0.4) is 0 Å². The van der Waals surface area contributed by atoms with Gasteiger partial charge in [0, 0.05) is 5.75 Å². The second-order valence-corrected chi connectivity index (χ2v) is 4.37. The molecule has 14 heavy (non-hydrogen) atoms. The van der Waals surface area contributed by atoms with Crippen LogP contribution in [-0.4, -0.2) is 11.5 Å². The van der Waals surface area contributed by atoms with Gasteiger partial charge < -0.3 is 0 Å². The van der Waals surface area contributed by atoms with Crippen molar-refractivity contribution in [3.63, 3.8) is 0 Å². The van der Waals surface area contributed by atoms with Crippen LogP contribution in [0.1, 0.15) is 18.4 Å². The summed E-state index contributed by atoms with van der Waals surface area (Å²) in [4.78, 5) is 23.6. The molecule has 0 saturated heterocycles. The van der Waals surface area contributed by atoms with E-state index in [1.807, 2.05) is 12.1 Å². The molecule has 72 valence electrons. The number of Topliss-reactive ketones (excluding diaryl/α,β-unsaturated/α-hetero) is 1. The summed E-state index contributed by atoms with van der Waals surface area (Å²) in [6.45, 7) is 1.58. The van der Waals surface area contributed by atoms with Gasteiger partial charge in [0.15, 0.2) is 5.43 Å². The molecule has 0 aromatic heterocycles. The van der Waals surface area contributed by atoms with Gasteiger partial charge in [-0.25, -0.2) is 0 Å². The molecule has 0 saturated carbocycles. The Morgan fingerprint density at radius 1 is 1.43 bits per heavy atom. The largest absolute Gasteiger partial charge is 0.299 e. The highest BCUT2D eigenvalue weighted by atomic mass is 32.2. The van der Waals surface area contributed by atoms with E-state index in [2.05, 4.69) is 0 Å². The van der Waals surface area contributed by atoms with Crippen molar-refractivity contribution >= 4 is 17.5 Å². The predicted molar refractivity (Wildman–Crippen MR) is 56.9 cm³/mol. The summed E-state index contributed by atoms with van der Waals surface area (Å²) in [5.74, 6) is 0.765. The van der Waals surface area contributed by atoms with Crippen LogP contribution in [0.2, 0.25) is 0 Å². The third-order valence-corrected chi connectivity index (χ3v) is 3.61. The molecule has 0 bridgehead atoms. The topological polar surface area (TPSA) is 34.1 Å². The summed E-state index contributed by atoms with van der Waals surface area (Å²) in [6.07, 6.45) is 0. The molecular weight excluding hydrogens is 196 g/mol. The Kier molecular flexibility index (Phi) is 2.42. The Morgan fingerprint density at radius 2 is 2.14 bits per heavy atom. The van der Waals surface area contributed by atoms with Crippen molar-refractivity contribution in [1.29, 1.82) is 0 Å². The van der Waals surface area contributed by atoms with Crippen LogP contribution in [-0.2, 0) is 4.79 Å². The van der Waals surface area contributed by atoms with E-state index in [4.69, 9.17) is 0 Å². The number of ketones is 1. The lowest BCUT2D eigenvalue weighted by molar-refractivity contribution is -0.117. The van der Waals surface area contributed by atoms with Crippen molar-refractivity contribution in [2.75, 3.05) is 5.75 Å². The van der Waals surface area contributed by atoms with E-state index in [0.29, 0.717) is 5.75 Å². The van der Waals surface area contributed by atoms with Crippen LogP contribution in [0.5, 0.6) is 0 Å². The first-order valence-electron chi connectivity index (χ1n) is 4.46. The van der Waals surface area contributed by atoms with Crippen LogP contribution in [0.25, 0.3) is 0 Å². The monoisotopic (exact) mass is 206 g/mol. The maximum atomic E-state index is 11.5. The van der Waals surface area contributed by atoms with Crippen LogP contribution >= 0.6 is 11.8 Å². The molecule has 0 amide bonds. The molecule has 1 unspecified atom stereocenters. The number of carbonyl (C=O) groups is 1. The molecule has 1 aliphatic heterocycles. The van der Waals surface area contributed by atoms with Crippen LogP contribution < -0.4 is 5.43 Å². The number of hydrogen-bond acceptors (Lipinski definition) is 3. The fourth-order valence-corrected chi connectivity index (χ4v) is 2.95. The number of rotatable bonds is 1. The van der Waals surface area contributed by atoms with E-state index < -0.39 is 0 Å². The van der Waals surface area contributed by atoms with Gasteiger partial charge in [-0.05, 0) is 18.6 Å². The van der Waals surface area contributed by atoms with Gasteiger partial charge in [0.2, 0.25) is 0 Å². The van der Waals surface area contributed by atoms with Gasteiger partial charge in [-0.3, -0.25) is 9.59 Å². The zero-order valence-corrected chi connectivity index (χ0v) is 8.64. The smallest absolute Gasteiger partial charge is 0.192 e. The molecule has 0 fully saturated rings. The minimum atomic E-state index is -0.0879. The van der Waals surface area contributed by atoms with Crippen LogP contribution in [0.15, 0.2) is 34.0 Å². The summed E-state index contributed by atoms with van der Waals surface area (Å²) in [5, 5.41) is 0. The lowest BCUT2D eigenvalue weighted by Gasteiger charge is -2.02. The van der Waals surface area contributed by atoms with Gasteiger partial charge in [-0.1, -0.05) is 18.2 Å². The van der Waals surface area contributed by atoms with Crippen molar-refractivity contribution < 1.29 is 4.79 Å². The summed E-state index contributed by atoms with van der Waals surface area (Å²) < 4.78 is 0. The first kappa shape index (κ1) is 9.46. The molecular formula is C11H10O2S. The average Bonchev–Trinajstić information content (AvgIpc) is 2.48. The molecule has 1 aromatic carbocycles. The minimum Gasteiger partial charge on any atom is -0.299 e. The van der Waals surface area contributed by atoms with Gasteiger partial charge in [0.05, 0.1) is 10.8 Å². The van der Waals surface area contributed by atoms with Crippen LogP contribution in [0, 0.1) is 0 Å². The van der Waals surface area contributed by atoms with E-state index in [1.165, 1.54) is 11.8 Å². The quantitative estimate of drug-likeness (QED) is 0.703. The second kappa shape index (κ2) is 3.58. The number of hydrogen-bond donors (Lipinski definition) is 0. The summed E-state index contributed by atoms with van der Waals surface area (Å²) in [6, 6.07) is 6.97. The highest BCUT2D eigenvalue weighted by Crippen LogP contribution is 2.36. The number of fused-ring (bicyclic) bond motifs is 1. The molecule has 0 aliphatic carbocycles. The van der Waals surface area contributed by atoms with Gasteiger partial charge >= 0.3 is 0 Å². The van der Waals surface area contributed by atoms with E-state index >= 15 is 0 Å². The first-order valence-corrected chi connectivity index (χ1v) is 5.45. The Hall–Kier alpha value is -1.09. The number of carbonyl (C=O) groups excluding carboxylic acids is 1. The van der Waals surface area contributed by atoms with Crippen molar-refractivity contribution in [3.05, 3.63) is 40.1 Å². The molecule has 1 aliphatic rings. The molecule has 0 N–H and O–H groups in total. The van der Waals surface area contributed by atoms with Crippen molar-refractivity contribution in [3.8, 4) is 0 Å². The second-order valence-electron chi connectivity index (χ2n) is 3.34. The van der Waals surface area contributed by atoms with Gasteiger partial charge in [0.1, 0.15) is 5.78 Å². The highest BCUT2D eigenvalue weighted by molar-refractivity contribution is 7.99. The van der Waals surface area contributed by atoms with Gasteiger partial charge in [0.25, 0.3) is 0 Å². The van der Waals surface area contributed by atoms with E-state index in [-0.39, 0.29) is 17.1 Å². The third kappa shape index (κ3) is 1.48. The van der Waals surface area contributed by atoms with Crippen LogP contribution in [0.4, 0.5) is 0 Å². The van der Waals surface area contributed by atoms with E-state index in [9.17, 15) is 9.59 Å². The standard InChI is InChI=1S/C11H10O2S/c1-7(12)9-6-14-11-8(9)4-2-3-5-10(11)13/h2-5,9H,6H2,1H3. The Morgan fingerprint density at radius 3 is 2.86 bits per heavy atom. The maximum Gasteiger partial charge on any atom is 0.192 e. The van der Waals surface area contributed by atoms with E-state index in [1.54, 1.807) is 19.1 Å². The van der Waals surface area contributed by atoms with Gasteiger partial charge in [-0.2, -0.15) is 0 Å². The molecule has 2 rings (SSSR count). The Bertz CT molecular complexity index is 440. The molecule has 1 atom stereocenters. The lowest BCUT2D eigenvalue weighted by atomic mass is 9.99. The zero-order valence-electron chi connectivity index (χ0n) is 7.82. The van der Waals surface area contributed by atoms with Gasteiger partial charge in [-0.15, -0.1) is 11.8 Å². The van der Waals surface area contributed by atoms with Crippen molar-refractivity contribution in [2.45, 2.75) is 17.7 Å². The predicted octanol–water partition coefficient (Wildman–Crippen LogP) is 1.83. The molecule has 0 spiro atoms. The fourth-order valence-electron chi connectivity index (χ4n) is 1.62. The molecule has 2 nitrogen and oxygen atoms in total. The van der Waals surface area contributed by atoms with E-state index in [0.717, 1.165) is 10.5 Å². The lowest BCUT2D eigenvalue weighted by Crippen LogP contribution is -2.07. The van der Waals surface area contributed by atoms with Crippen molar-refractivity contribution in [2.24, 2.45) is 0 Å². The summed E-state index contributed by atoms with van der Waals surface area (Å²) in [7, 11) is 0. The highest BCUT2D eigenvalue weighted by Gasteiger charge is 2.27. The first-order chi connectivity index (χ1) is 6.70. The SMILES string of the molecule is CC(=O)C1CSc2c1ccccc2=O. The normalized spacial score (nSPS) is 19.1. The minimum absolute atomic E-state index is 0.0266. The summed E-state index contributed by atoms with van der Waals surface area (Å²) in [5.41, 5.74) is 0.927. The third-order valence-electron chi connectivity index (χ3n) is 2.38.